The lowest BCUT2D eigenvalue weighted by atomic mass is 10.1. The second-order valence-electron chi connectivity index (χ2n) is 4.74. The smallest absolute Gasteiger partial charge is 0.148 e. The third-order valence-electron chi connectivity index (χ3n) is 3.35. The average molecular weight is 242 g/mol. The first-order valence-electron chi connectivity index (χ1n) is 6.10. The lowest BCUT2D eigenvalue weighted by molar-refractivity contribution is 0.630. The second kappa shape index (κ2) is 4.33. The summed E-state index contributed by atoms with van der Waals surface area (Å²) in [5.41, 5.74) is 7.82. The van der Waals surface area contributed by atoms with E-state index in [1.54, 1.807) is 12.1 Å². The third-order valence-corrected chi connectivity index (χ3v) is 3.35. The average Bonchev–Trinajstić information content (AvgIpc) is 3.13. The summed E-state index contributed by atoms with van der Waals surface area (Å²) in [4.78, 5) is 0. The van der Waals surface area contributed by atoms with Crippen molar-refractivity contribution in [2.75, 3.05) is 11.1 Å². The fourth-order valence-electron chi connectivity index (χ4n) is 2.27. The van der Waals surface area contributed by atoms with E-state index in [1.807, 2.05) is 18.2 Å². The minimum Gasteiger partial charge on any atom is -0.399 e. The summed E-state index contributed by atoms with van der Waals surface area (Å²) in [6.45, 7) is 0. The van der Waals surface area contributed by atoms with Crippen molar-refractivity contribution in [3.63, 3.8) is 0 Å². The van der Waals surface area contributed by atoms with Crippen molar-refractivity contribution in [1.82, 2.24) is 0 Å². The van der Waals surface area contributed by atoms with Gasteiger partial charge in [-0.15, -0.1) is 0 Å². The molecule has 1 saturated carbocycles. The Morgan fingerprint density at radius 1 is 1.11 bits per heavy atom. The number of nitrogens with two attached hydrogens (primary N) is 1. The van der Waals surface area contributed by atoms with Crippen LogP contribution in [-0.4, -0.2) is 6.04 Å². The normalized spacial score (nSPS) is 21.6. The summed E-state index contributed by atoms with van der Waals surface area (Å²) in [5.74, 6) is 0.205. The number of nitrogen functional groups attached to an aromatic ring is 1. The Balaban J connectivity index is 1.69. The molecule has 3 N–H and O–H groups in total. The van der Waals surface area contributed by atoms with E-state index >= 15 is 0 Å². The van der Waals surface area contributed by atoms with Crippen LogP contribution in [0.3, 0.4) is 0 Å². The number of hydrogen-bond acceptors (Lipinski definition) is 2. The van der Waals surface area contributed by atoms with Crippen molar-refractivity contribution in [3.05, 3.63) is 59.9 Å². The number of nitrogens with one attached hydrogen (secondary N) is 1. The predicted octanol–water partition coefficient (Wildman–Crippen LogP) is 3.38. The lowest BCUT2D eigenvalue weighted by Gasteiger charge is -2.07. The highest BCUT2D eigenvalue weighted by Crippen LogP contribution is 2.43. The largest absolute Gasteiger partial charge is 0.399 e. The molecule has 92 valence electrons. The van der Waals surface area contributed by atoms with Crippen molar-refractivity contribution >= 4 is 11.4 Å². The minimum absolute atomic E-state index is 0.284. The van der Waals surface area contributed by atoms with E-state index in [1.165, 1.54) is 11.6 Å². The minimum atomic E-state index is -0.284. The van der Waals surface area contributed by atoms with Gasteiger partial charge in [0, 0.05) is 17.6 Å². The van der Waals surface area contributed by atoms with E-state index in [2.05, 4.69) is 17.4 Å². The van der Waals surface area contributed by atoms with Crippen LogP contribution >= 0.6 is 0 Å². The lowest BCUT2D eigenvalue weighted by Crippen LogP contribution is -2.06. The number of rotatable bonds is 3. The van der Waals surface area contributed by atoms with Crippen LogP contribution in [-0.2, 0) is 0 Å². The highest BCUT2D eigenvalue weighted by atomic mass is 19.1. The number of halogens is 1. The van der Waals surface area contributed by atoms with Crippen molar-refractivity contribution < 1.29 is 4.39 Å². The van der Waals surface area contributed by atoms with Gasteiger partial charge in [0.1, 0.15) is 5.82 Å². The van der Waals surface area contributed by atoms with Crippen molar-refractivity contribution in [3.8, 4) is 0 Å². The maximum atomic E-state index is 13.6. The van der Waals surface area contributed by atoms with Crippen LogP contribution in [0.2, 0.25) is 0 Å². The molecule has 3 rings (SSSR count). The Morgan fingerprint density at radius 3 is 2.61 bits per heavy atom. The molecule has 0 radical (unpaired) electrons. The molecule has 0 aromatic heterocycles. The van der Waals surface area contributed by atoms with Crippen LogP contribution in [0.15, 0.2) is 48.5 Å². The van der Waals surface area contributed by atoms with E-state index in [4.69, 9.17) is 5.73 Å². The van der Waals surface area contributed by atoms with Gasteiger partial charge in [-0.05, 0) is 30.2 Å². The highest BCUT2D eigenvalue weighted by molar-refractivity contribution is 5.54. The fraction of sp³-hybridized carbons (Fsp3) is 0.200. The topological polar surface area (TPSA) is 38.0 Å². The summed E-state index contributed by atoms with van der Waals surface area (Å²) >= 11 is 0. The zero-order valence-corrected chi connectivity index (χ0v) is 9.94. The van der Waals surface area contributed by atoms with Crippen LogP contribution in [0.1, 0.15) is 17.9 Å². The van der Waals surface area contributed by atoms with Gasteiger partial charge in [0.15, 0.2) is 0 Å². The molecule has 1 aliphatic carbocycles. The van der Waals surface area contributed by atoms with E-state index < -0.39 is 0 Å². The molecule has 0 bridgehead atoms. The highest BCUT2D eigenvalue weighted by Gasteiger charge is 2.38. The number of benzene rings is 2. The Kier molecular flexibility index (Phi) is 2.67. The van der Waals surface area contributed by atoms with Crippen LogP contribution in [0.25, 0.3) is 0 Å². The maximum absolute atomic E-state index is 13.6. The SMILES string of the molecule is Nc1ccc(NC2CC2c2ccccc2)c(F)c1. The van der Waals surface area contributed by atoms with Gasteiger partial charge in [-0.2, -0.15) is 0 Å². The molecule has 0 heterocycles. The van der Waals surface area contributed by atoms with Gasteiger partial charge < -0.3 is 11.1 Å². The van der Waals surface area contributed by atoms with Crippen molar-refractivity contribution in [1.29, 1.82) is 0 Å². The monoisotopic (exact) mass is 242 g/mol. The van der Waals surface area contributed by atoms with Gasteiger partial charge in [-0.25, -0.2) is 4.39 Å². The third kappa shape index (κ3) is 2.16. The Hall–Kier alpha value is -2.03. The van der Waals surface area contributed by atoms with Gasteiger partial charge in [-0.1, -0.05) is 30.3 Å². The van der Waals surface area contributed by atoms with Gasteiger partial charge in [-0.3, -0.25) is 0 Å². The van der Waals surface area contributed by atoms with Crippen LogP contribution < -0.4 is 11.1 Å². The Labute approximate surface area is 106 Å². The Bertz CT molecular complexity index is 554. The summed E-state index contributed by atoms with van der Waals surface area (Å²) in [6.07, 6.45) is 1.05. The number of hydrogen-bond donors (Lipinski definition) is 2. The molecule has 1 aliphatic rings. The van der Waals surface area contributed by atoms with E-state index in [-0.39, 0.29) is 5.82 Å². The van der Waals surface area contributed by atoms with Crippen LogP contribution in [0, 0.1) is 5.82 Å². The molecular weight excluding hydrogens is 227 g/mol. The van der Waals surface area contributed by atoms with E-state index in [0.717, 1.165) is 6.42 Å². The van der Waals surface area contributed by atoms with Gasteiger partial charge in [0.05, 0.1) is 5.69 Å². The van der Waals surface area contributed by atoms with Crippen molar-refractivity contribution in [2.45, 2.75) is 18.4 Å². The van der Waals surface area contributed by atoms with Gasteiger partial charge in [0.2, 0.25) is 0 Å². The fourth-order valence-corrected chi connectivity index (χ4v) is 2.27. The van der Waals surface area contributed by atoms with Gasteiger partial charge in [0.25, 0.3) is 0 Å². The molecule has 18 heavy (non-hydrogen) atoms. The van der Waals surface area contributed by atoms with Gasteiger partial charge >= 0.3 is 0 Å². The quantitative estimate of drug-likeness (QED) is 0.810. The first-order chi connectivity index (χ1) is 8.74. The molecular formula is C15H15FN2. The molecule has 0 amide bonds. The zero-order valence-electron chi connectivity index (χ0n) is 9.94. The standard InChI is InChI=1S/C15H15FN2/c16-13-8-11(17)6-7-14(13)18-15-9-12(15)10-4-2-1-3-5-10/h1-8,12,15,18H,9,17H2. The summed E-state index contributed by atoms with van der Waals surface area (Å²) in [7, 11) is 0. The summed E-state index contributed by atoms with van der Waals surface area (Å²) < 4.78 is 13.6. The van der Waals surface area contributed by atoms with Crippen molar-refractivity contribution in [2.24, 2.45) is 0 Å². The summed E-state index contributed by atoms with van der Waals surface area (Å²) in [6, 6.07) is 15.4. The first-order valence-corrected chi connectivity index (χ1v) is 6.10. The molecule has 0 spiro atoms. The predicted molar refractivity (Wildman–Crippen MR) is 72.0 cm³/mol. The molecule has 0 saturated heterocycles. The van der Waals surface area contributed by atoms with E-state index in [9.17, 15) is 4.39 Å². The first kappa shape index (κ1) is 11.1. The molecule has 1 fully saturated rings. The molecule has 2 nitrogen and oxygen atoms in total. The molecule has 2 atom stereocenters. The maximum Gasteiger partial charge on any atom is 0.148 e. The second-order valence-corrected chi connectivity index (χ2v) is 4.74. The van der Waals surface area contributed by atoms with E-state index in [0.29, 0.717) is 23.3 Å². The summed E-state index contributed by atoms with van der Waals surface area (Å²) in [5, 5.41) is 3.23. The molecule has 0 aliphatic heterocycles. The molecule has 2 unspecified atom stereocenters. The van der Waals surface area contributed by atoms with Crippen LogP contribution in [0.4, 0.5) is 15.8 Å². The molecule has 3 heteroatoms. The molecule has 2 aromatic carbocycles. The number of anilines is 2. The molecule has 2 aromatic rings. The Morgan fingerprint density at radius 2 is 1.89 bits per heavy atom. The zero-order chi connectivity index (χ0) is 12.5. The van der Waals surface area contributed by atoms with Crippen LogP contribution in [0.5, 0.6) is 0 Å².